The minimum atomic E-state index is 0.829. The van der Waals surface area contributed by atoms with E-state index in [1.807, 2.05) is 18.2 Å². The summed E-state index contributed by atoms with van der Waals surface area (Å²) in [4.78, 5) is 10.5. The van der Waals surface area contributed by atoms with Gasteiger partial charge in [0.15, 0.2) is 0 Å². The maximum atomic E-state index is 5.45. The minimum absolute atomic E-state index is 0.829. The van der Waals surface area contributed by atoms with E-state index in [4.69, 9.17) is 4.74 Å². The molecular formula is C17H19N3O. The molecule has 1 N–H and O–H groups in total. The lowest BCUT2D eigenvalue weighted by molar-refractivity contribution is 0.0550. The Balaban J connectivity index is 1.63. The van der Waals surface area contributed by atoms with E-state index in [0.29, 0.717) is 0 Å². The summed E-state index contributed by atoms with van der Waals surface area (Å²) in [6.45, 7) is 3.64. The molecule has 2 aromatic rings. The molecule has 0 radical (unpaired) electrons. The predicted molar refractivity (Wildman–Crippen MR) is 83.8 cm³/mol. The fourth-order valence-corrected chi connectivity index (χ4v) is 3.11. The summed E-state index contributed by atoms with van der Waals surface area (Å²) in [5.41, 5.74) is 4.88. The van der Waals surface area contributed by atoms with E-state index in [0.717, 1.165) is 56.0 Å². The van der Waals surface area contributed by atoms with Crippen LogP contribution in [0.2, 0.25) is 0 Å². The highest BCUT2D eigenvalue weighted by Crippen LogP contribution is 2.30. The number of ether oxygens (including phenoxy) is 1. The molecule has 1 aromatic heterocycles. The Morgan fingerprint density at radius 2 is 2.05 bits per heavy atom. The zero-order valence-electron chi connectivity index (χ0n) is 12.0. The van der Waals surface area contributed by atoms with Crippen molar-refractivity contribution in [1.29, 1.82) is 0 Å². The van der Waals surface area contributed by atoms with Crippen LogP contribution in [0.1, 0.15) is 18.7 Å². The first kappa shape index (κ1) is 12.7. The molecule has 4 rings (SSSR count). The molecule has 0 atom stereocenters. The maximum Gasteiger partial charge on any atom is 0.131 e. The molecule has 1 saturated heterocycles. The lowest BCUT2D eigenvalue weighted by atomic mass is 10.1. The molecular weight excluding hydrogens is 262 g/mol. The van der Waals surface area contributed by atoms with Crippen LogP contribution in [0.15, 0.2) is 41.6 Å². The van der Waals surface area contributed by atoms with Gasteiger partial charge in [-0.3, -0.25) is 0 Å². The highest BCUT2D eigenvalue weighted by Gasteiger charge is 2.20. The van der Waals surface area contributed by atoms with Crippen molar-refractivity contribution < 1.29 is 4.74 Å². The lowest BCUT2D eigenvalue weighted by Gasteiger charge is -2.30. The van der Waals surface area contributed by atoms with Gasteiger partial charge in [-0.2, -0.15) is 0 Å². The van der Waals surface area contributed by atoms with Gasteiger partial charge < -0.3 is 14.6 Å². The second-order valence-electron chi connectivity index (χ2n) is 5.54. The van der Waals surface area contributed by atoms with Crippen molar-refractivity contribution in [2.45, 2.75) is 12.8 Å². The molecule has 0 amide bonds. The van der Waals surface area contributed by atoms with E-state index < -0.39 is 0 Å². The maximum absolute atomic E-state index is 5.45. The van der Waals surface area contributed by atoms with Crippen molar-refractivity contribution in [3.63, 3.8) is 0 Å². The van der Waals surface area contributed by atoms with Crippen molar-refractivity contribution in [3.05, 3.63) is 47.4 Å². The van der Waals surface area contributed by atoms with Crippen LogP contribution in [0.25, 0.3) is 17.1 Å². The topological polar surface area (TPSA) is 41.1 Å². The van der Waals surface area contributed by atoms with Crippen LogP contribution in [-0.4, -0.2) is 41.2 Å². The quantitative estimate of drug-likeness (QED) is 0.920. The zero-order valence-corrected chi connectivity index (χ0v) is 12.0. The number of H-pyrrole nitrogens is 1. The van der Waals surface area contributed by atoms with Crippen LogP contribution in [-0.2, 0) is 4.74 Å². The summed E-state index contributed by atoms with van der Waals surface area (Å²) in [6, 6.07) is 8.17. The van der Waals surface area contributed by atoms with Crippen molar-refractivity contribution in [1.82, 2.24) is 14.9 Å². The van der Waals surface area contributed by atoms with Gasteiger partial charge in [-0.1, -0.05) is 18.2 Å². The highest BCUT2D eigenvalue weighted by molar-refractivity contribution is 5.77. The van der Waals surface area contributed by atoms with Crippen molar-refractivity contribution in [2.24, 2.45) is 0 Å². The molecule has 0 bridgehead atoms. The van der Waals surface area contributed by atoms with Crippen LogP contribution in [0, 0.1) is 0 Å². The largest absolute Gasteiger partial charge is 0.378 e. The lowest BCUT2D eigenvalue weighted by Crippen LogP contribution is -2.35. The summed E-state index contributed by atoms with van der Waals surface area (Å²) < 4.78 is 5.45. The van der Waals surface area contributed by atoms with Crippen molar-refractivity contribution in [3.8, 4) is 0 Å². The number of allylic oxidation sites excluding steroid dienone is 2. The van der Waals surface area contributed by atoms with Gasteiger partial charge >= 0.3 is 0 Å². The van der Waals surface area contributed by atoms with E-state index in [9.17, 15) is 0 Å². The van der Waals surface area contributed by atoms with Gasteiger partial charge in [0.05, 0.1) is 24.2 Å². The Morgan fingerprint density at radius 3 is 2.90 bits per heavy atom. The summed E-state index contributed by atoms with van der Waals surface area (Å²) >= 11 is 0. The number of morpholine rings is 1. The molecule has 21 heavy (non-hydrogen) atoms. The number of hydrogen-bond donors (Lipinski definition) is 1. The number of rotatable bonds is 2. The molecule has 108 valence electrons. The Kier molecular flexibility index (Phi) is 3.24. The van der Waals surface area contributed by atoms with Gasteiger partial charge in [0.2, 0.25) is 0 Å². The summed E-state index contributed by atoms with van der Waals surface area (Å²) in [6.07, 6.45) is 6.77. The first-order valence-electron chi connectivity index (χ1n) is 7.59. The molecule has 1 aliphatic heterocycles. The Hall–Kier alpha value is -2.07. The molecule has 2 aliphatic rings. The molecule has 0 spiro atoms. The van der Waals surface area contributed by atoms with Gasteiger partial charge in [0, 0.05) is 18.8 Å². The number of aromatic nitrogens is 2. The van der Waals surface area contributed by atoms with Gasteiger partial charge in [0.25, 0.3) is 0 Å². The van der Waals surface area contributed by atoms with Crippen molar-refractivity contribution >= 4 is 17.1 Å². The van der Waals surface area contributed by atoms with Crippen LogP contribution in [0.5, 0.6) is 0 Å². The third-order valence-electron chi connectivity index (χ3n) is 4.15. The van der Waals surface area contributed by atoms with Crippen LogP contribution >= 0.6 is 0 Å². The molecule has 0 unspecified atom stereocenters. The van der Waals surface area contributed by atoms with E-state index in [-0.39, 0.29) is 0 Å². The Labute approximate surface area is 124 Å². The normalized spacial score (nSPS) is 21.2. The number of fused-ring (bicyclic) bond motifs is 1. The SMILES string of the molecule is C(=C1CCC=C1N1CCOCC1)c1nc2ccccc2[nH]1. The Morgan fingerprint density at radius 1 is 1.19 bits per heavy atom. The Bertz CT molecular complexity index is 675. The van der Waals surface area contributed by atoms with Crippen LogP contribution < -0.4 is 0 Å². The number of aromatic amines is 1. The van der Waals surface area contributed by atoms with E-state index in [2.05, 4.69) is 33.1 Å². The van der Waals surface area contributed by atoms with Gasteiger partial charge in [0.1, 0.15) is 5.82 Å². The predicted octanol–water partition coefficient (Wildman–Crippen LogP) is 2.96. The number of nitrogens with zero attached hydrogens (tertiary/aromatic N) is 2. The monoisotopic (exact) mass is 281 g/mol. The fourth-order valence-electron chi connectivity index (χ4n) is 3.11. The molecule has 1 fully saturated rings. The third-order valence-corrected chi connectivity index (χ3v) is 4.15. The minimum Gasteiger partial charge on any atom is -0.378 e. The average Bonchev–Trinajstić information content (AvgIpc) is 3.14. The standard InChI is InChI=1S/C17H19N3O/c1-2-6-15-14(5-1)18-17(19-15)12-13-4-3-7-16(13)20-8-10-21-11-9-20/h1-2,5-7,12H,3-4,8-11H2,(H,18,19). The first-order valence-corrected chi connectivity index (χ1v) is 7.59. The third kappa shape index (κ3) is 2.47. The smallest absolute Gasteiger partial charge is 0.131 e. The van der Waals surface area contributed by atoms with E-state index in [1.54, 1.807) is 0 Å². The first-order chi connectivity index (χ1) is 10.4. The molecule has 1 aromatic carbocycles. The number of imidazole rings is 1. The van der Waals surface area contributed by atoms with Crippen LogP contribution in [0.4, 0.5) is 0 Å². The van der Waals surface area contributed by atoms with Gasteiger partial charge in [-0.25, -0.2) is 4.98 Å². The van der Waals surface area contributed by atoms with E-state index >= 15 is 0 Å². The van der Waals surface area contributed by atoms with E-state index in [1.165, 1.54) is 11.3 Å². The molecule has 1 aliphatic carbocycles. The molecule has 0 saturated carbocycles. The molecule has 4 heteroatoms. The van der Waals surface area contributed by atoms with Crippen molar-refractivity contribution in [2.75, 3.05) is 26.3 Å². The summed E-state index contributed by atoms with van der Waals surface area (Å²) in [5.74, 6) is 0.951. The summed E-state index contributed by atoms with van der Waals surface area (Å²) in [5, 5.41) is 0. The average molecular weight is 281 g/mol. The number of para-hydroxylation sites is 2. The van der Waals surface area contributed by atoms with Gasteiger partial charge in [-0.15, -0.1) is 0 Å². The zero-order chi connectivity index (χ0) is 14.1. The second-order valence-corrected chi connectivity index (χ2v) is 5.54. The number of benzene rings is 1. The second kappa shape index (κ2) is 5.37. The summed E-state index contributed by atoms with van der Waals surface area (Å²) in [7, 11) is 0. The molecule has 2 heterocycles. The number of hydrogen-bond acceptors (Lipinski definition) is 3. The van der Waals surface area contributed by atoms with Gasteiger partial charge in [-0.05, 0) is 36.6 Å². The number of nitrogens with one attached hydrogen (secondary N) is 1. The fraction of sp³-hybridized carbons (Fsp3) is 0.353. The van der Waals surface area contributed by atoms with Crippen LogP contribution in [0.3, 0.4) is 0 Å². The highest BCUT2D eigenvalue weighted by atomic mass is 16.5. The molecule has 4 nitrogen and oxygen atoms in total.